The number of benzene rings is 10. The van der Waals surface area contributed by atoms with Crippen LogP contribution in [0.2, 0.25) is 10.0 Å². The molecular formula is C102H97Cl2N7O14S. The van der Waals surface area contributed by atoms with Crippen LogP contribution in [0.5, 0.6) is 28.7 Å². The number of anilines is 4. The minimum absolute atomic E-state index is 0. The van der Waals surface area contributed by atoms with E-state index in [-0.39, 0.29) is 58.1 Å². The van der Waals surface area contributed by atoms with E-state index < -0.39 is 27.6 Å². The molecule has 4 fully saturated rings. The summed E-state index contributed by atoms with van der Waals surface area (Å²) in [6.45, 7) is 13.9. The van der Waals surface area contributed by atoms with E-state index >= 15 is 0 Å². The Morgan fingerprint density at radius 1 is 0.492 bits per heavy atom. The van der Waals surface area contributed by atoms with Crippen LogP contribution >= 0.6 is 34.5 Å². The molecule has 0 bridgehead atoms. The lowest BCUT2D eigenvalue weighted by Gasteiger charge is -2.18. The standard InChI is InChI=1S/C28H28Cl2N2O3.C27H25NO4.C24H19N3O4.C23H21NO3S.2H2/c1-18-4-10-22(31-27(34)28(12-13-28)21-9-11-24(29)25(30)14-21)15-23(18)20-7-5-19(6-8-20)16-32(2)26(33)17-35-3;1-16-3-6-21(15-23(16)22-7-4-19(25(29)30)13-17(22)2)28-26(31)27(10-11-27)20-5-8-24-18(14-20)9-12-32-24;1-14-16(22-27-21-19(31-22)6-3-11-25-21)4-2-5-17(14)26-23(28)24(9-10-24)15-7-8-18-20(12-15)30-13-29-18;1-14-3-5-17(12-18(14)21-15(2)7-10-28-21)24-22(25)23(8-9-23)16-4-6-19-20(11-16)27-13-26-19;;/h4-11,14-15H,12-13,16-17H2,1-3H3,(H,31,34);3-8,13-15H,9-12H2,1-2H3,(H,28,31)(H,29,30);2-8,11-12H,9-10,13H2,1H3,(H,26,28);3-7,10-12H,8-9,13H2,1-2H3,(H,24,25);2*1H. The van der Waals surface area contributed by atoms with Gasteiger partial charge in [0.15, 0.2) is 34.2 Å². The van der Waals surface area contributed by atoms with Gasteiger partial charge in [0.2, 0.25) is 49.0 Å². The number of hydrogen-bond acceptors (Lipinski definition) is 16. The summed E-state index contributed by atoms with van der Waals surface area (Å²) < 4.78 is 38.2. The van der Waals surface area contributed by atoms with Crippen molar-refractivity contribution in [2.75, 3.05) is 62.2 Å². The molecule has 7 aliphatic rings. The molecule has 4 saturated carbocycles. The second-order valence-corrected chi connectivity index (χ2v) is 35.1. The molecule has 24 heteroatoms. The molecule has 10 aromatic carbocycles. The van der Waals surface area contributed by atoms with E-state index in [9.17, 15) is 33.9 Å². The van der Waals surface area contributed by atoms with Gasteiger partial charge in [0.25, 0.3) is 0 Å². The number of halogens is 2. The third-order valence-corrected chi connectivity index (χ3v) is 26.8. The van der Waals surface area contributed by atoms with Crippen LogP contribution in [0.3, 0.4) is 0 Å². The number of ether oxygens (including phenoxy) is 6. The monoisotopic (exact) mass is 1750 g/mol. The molecule has 5 amide bonds. The van der Waals surface area contributed by atoms with Gasteiger partial charge in [-0.1, -0.05) is 108 Å². The van der Waals surface area contributed by atoms with Gasteiger partial charge >= 0.3 is 5.97 Å². The number of aryl methyl sites for hydroxylation is 5. The first kappa shape index (κ1) is 85.1. The van der Waals surface area contributed by atoms with Crippen LogP contribution in [-0.4, -0.2) is 96.4 Å². The lowest BCUT2D eigenvalue weighted by atomic mass is 9.92. The quantitative estimate of drug-likeness (QED) is 0.0447. The molecule has 644 valence electrons. The Hall–Kier alpha value is -13.1. The number of amides is 5. The summed E-state index contributed by atoms with van der Waals surface area (Å²) in [4.78, 5) is 87.9. The minimum Gasteiger partial charge on any atom is -0.493 e. The van der Waals surface area contributed by atoms with Gasteiger partial charge in [0.05, 0.1) is 43.9 Å². The summed E-state index contributed by atoms with van der Waals surface area (Å²) in [5.41, 5.74) is 21.0. The Balaban J connectivity index is 0.000000131. The molecule has 4 aliphatic carbocycles. The highest BCUT2D eigenvalue weighted by molar-refractivity contribution is 7.13. The number of likely N-dealkylation sites (N-methyl/N-ethyl adjacent to an activating group) is 1. The number of thiophene rings is 1. The maximum absolute atomic E-state index is 13.3. The predicted octanol–water partition coefficient (Wildman–Crippen LogP) is 22.0. The fourth-order valence-corrected chi connectivity index (χ4v) is 18.0. The summed E-state index contributed by atoms with van der Waals surface area (Å²) in [5, 5.41) is 24.8. The molecule has 13 aromatic rings. The topological polar surface area (TPSA) is 268 Å². The highest BCUT2D eigenvalue weighted by atomic mass is 35.5. The predicted molar refractivity (Wildman–Crippen MR) is 494 cm³/mol. The van der Waals surface area contributed by atoms with Crippen LogP contribution in [0.4, 0.5) is 22.7 Å². The SMILES string of the molecule is COCC(=O)N(C)Cc1ccc(-c2cc(NC(=O)C3(c4ccc(Cl)c(Cl)c4)CC3)ccc2C)cc1.Cc1c(NC(=O)C2(c3ccc4c(c3)OCO4)CC2)cccc1-c1nc2ncccc2o1.Cc1cc(C(=O)O)ccc1-c1cc(NC(=O)C2(c3ccc4c(c3)CCO4)CC2)ccc1C.Cc1ccc(NC(=O)C2(c3ccc4c(c3)OCO4)CC2)cc1-c1sccc1C.[HH].[HH]. The molecule has 21 nitrogen and oxygen atoms in total. The van der Waals surface area contributed by atoms with Gasteiger partial charge in [-0.25, -0.2) is 9.78 Å². The smallest absolute Gasteiger partial charge is 0.335 e. The minimum atomic E-state index is -0.940. The zero-order valence-electron chi connectivity index (χ0n) is 70.9. The number of methoxy groups -OCH3 is 1. The van der Waals surface area contributed by atoms with E-state index in [0.717, 1.165) is 181 Å². The van der Waals surface area contributed by atoms with Crippen molar-refractivity contribution in [1.82, 2.24) is 14.9 Å². The molecule has 0 radical (unpaired) electrons. The van der Waals surface area contributed by atoms with Crippen molar-refractivity contribution in [1.29, 1.82) is 0 Å². The lowest BCUT2D eigenvalue weighted by molar-refractivity contribution is -0.134. The molecule has 6 heterocycles. The van der Waals surface area contributed by atoms with Crippen molar-refractivity contribution >= 4 is 104 Å². The molecule has 20 rings (SSSR count). The van der Waals surface area contributed by atoms with E-state index in [1.54, 1.807) is 53.7 Å². The van der Waals surface area contributed by atoms with E-state index in [4.69, 9.17) is 56.0 Å². The second kappa shape index (κ2) is 35.1. The van der Waals surface area contributed by atoms with Crippen LogP contribution in [0, 0.1) is 41.5 Å². The Morgan fingerprint density at radius 2 is 1.02 bits per heavy atom. The maximum Gasteiger partial charge on any atom is 0.335 e. The van der Waals surface area contributed by atoms with Gasteiger partial charge in [-0.2, -0.15) is 4.98 Å². The number of aromatic carboxylic acids is 1. The number of carboxylic acids is 1. The van der Waals surface area contributed by atoms with Gasteiger partial charge in [0, 0.05) is 69.4 Å². The molecule has 0 unspecified atom stereocenters. The van der Waals surface area contributed by atoms with E-state index in [1.807, 2.05) is 185 Å². The van der Waals surface area contributed by atoms with Crippen molar-refractivity contribution in [2.45, 2.75) is 128 Å². The number of nitrogens with one attached hydrogen (secondary N) is 4. The van der Waals surface area contributed by atoms with Crippen LogP contribution < -0.4 is 45.0 Å². The zero-order chi connectivity index (χ0) is 87.9. The molecule has 0 spiro atoms. The van der Waals surface area contributed by atoms with Crippen molar-refractivity contribution in [2.24, 2.45) is 0 Å². The summed E-state index contributed by atoms with van der Waals surface area (Å²) in [5.74, 6) is 3.29. The summed E-state index contributed by atoms with van der Waals surface area (Å²) in [7, 11) is 3.27. The molecule has 0 atom stereocenters. The third kappa shape index (κ3) is 17.5. The highest BCUT2D eigenvalue weighted by Crippen LogP contribution is 2.55. The van der Waals surface area contributed by atoms with E-state index in [0.29, 0.717) is 46.1 Å². The average Bonchev–Trinajstić information content (AvgIpc) is 1.60. The van der Waals surface area contributed by atoms with Crippen LogP contribution in [0.15, 0.2) is 222 Å². The normalized spacial score (nSPS) is 15.3. The van der Waals surface area contributed by atoms with Gasteiger partial charge in [-0.3, -0.25) is 24.0 Å². The molecular weight excluding hydrogens is 1650 g/mol. The van der Waals surface area contributed by atoms with Crippen LogP contribution in [-0.2, 0) is 63.3 Å². The zero-order valence-corrected chi connectivity index (χ0v) is 73.3. The molecule has 3 aromatic heterocycles. The highest BCUT2D eigenvalue weighted by Gasteiger charge is 2.55. The number of hydrogen-bond donors (Lipinski definition) is 5. The van der Waals surface area contributed by atoms with Crippen molar-refractivity contribution < 1.29 is 69.6 Å². The number of pyridine rings is 1. The first-order valence-electron chi connectivity index (χ1n) is 41.9. The molecule has 5 N–H and O–H groups in total. The first-order chi connectivity index (χ1) is 60.8. The molecule has 0 saturated heterocycles. The van der Waals surface area contributed by atoms with Gasteiger partial charge in [-0.05, 0) is 314 Å². The number of oxazole rings is 1. The Kier molecular flexibility index (Phi) is 23.7. The van der Waals surface area contributed by atoms with E-state index in [1.165, 1.54) is 34.2 Å². The number of rotatable bonds is 21. The Morgan fingerprint density at radius 3 is 1.57 bits per heavy atom. The Bertz CT molecular complexity index is 6460. The third-order valence-electron chi connectivity index (χ3n) is 25.0. The van der Waals surface area contributed by atoms with Gasteiger partial charge in [0.1, 0.15) is 12.4 Å². The summed E-state index contributed by atoms with van der Waals surface area (Å²) in [6.07, 6.45) is 9.10. The largest absolute Gasteiger partial charge is 0.493 e. The molecule has 126 heavy (non-hydrogen) atoms. The molecule has 3 aliphatic heterocycles. The average molecular weight is 1750 g/mol. The van der Waals surface area contributed by atoms with Gasteiger partial charge in [-0.15, -0.1) is 11.3 Å². The van der Waals surface area contributed by atoms with E-state index in [2.05, 4.69) is 74.7 Å². The number of carbonyl (C=O) groups is 6. The number of carboxylic acid groups (broad SMARTS) is 1. The summed E-state index contributed by atoms with van der Waals surface area (Å²) >= 11 is 14.0. The van der Waals surface area contributed by atoms with Crippen LogP contribution in [0.25, 0.3) is 55.4 Å². The van der Waals surface area contributed by atoms with Crippen molar-refractivity contribution in [3.05, 3.63) is 300 Å². The van der Waals surface area contributed by atoms with Crippen LogP contribution in [0.1, 0.15) is 131 Å². The fourth-order valence-electron chi connectivity index (χ4n) is 16.7. The van der Waals surface area contributed by atoms with Crippen molar-refractivity contribution in [3.8, 4) is 72.9 Å². The van der Waals surface area contributed by atoms with Gasteiger partial charge < -0.3 is 64.1 Å². The number of fused-ring (bicyclic) bond motifs is 4. The number of aromatic nitrogens is 2. The number of carbonyl (C=O) groups excluding carboxylic acids is 5. The fraction of sp³-hybridized carbons (Fsp3) is 0.255. The second-order valence-electron chi connectivity index (χ2n) is 33.4. The maximum atomic E-state index is 13.3. The lowest BCUT2D eigenvalue weighted by Crippen LogP contribution is -2.29. The Labute approximate surface area is 746 Å². The summed E-state index contributed by atoms with van der Waals surface area (Å²) in [6, 6.07) is 65.8. The number of nitrogens with zero attached hydrogens (tertiary/aromatic N) is 3. The van der Waals surface area contributed by atoms with Crippen molar-refractivity contribution in [3.63, 3.8) is 0 Å². The first-order valence-corrected chi connectivity index (χ1v) is 43.6.